The third-order valence-electron chi connectivity index (χ3n) is 1.26. The van der Waals surface area contributed by atoms with Crippen LogP contribution in [0.4, 0.5) is 5.69 Å². The third kappa shape index (κ3) is 2.09. The van der Waals surface area contributed by atoms with Crippen LogP contribution in [0, 0.1) is 0 Å². The Bertz CT molecular complexity index is 321. The number of aliphatic carboxylic acids is 1. The molecule has 0 aliphatic rings. The fraction of sp³-hybridized carbons (Fsp3) is 0. The molecule has 0 unspecified atom stereocenters. The predicted octanol–water partition coefficient (Wildman–Crippen LogP) is 0.762. The molecule has 0 amide bonds. The molecular weight excluding hydrogens is 156 g/mol. The van der Waals surface area contributed by atoms with E-state index in [-0.39, 0.29) is 0 Å². The van der Waals surface area contributed by atoms with E-state index in [0.717, 1.165) is 6.08 Å². The van der Waals surface area contributed by atoms with Gasteiger partial charge in [0.1, 0.15) is 0 Å². The van der Waals surface area contributed by atoms with Gasteiger partial charge in [-0.05, 0) is 18.2 Å². The first-order chi connectivity index (χ1) is 5.70. The molecule has 1 aromatic rings. The van der Waals surface area contributed by atoms with E-state index in [1.54, 1.807) is 18.3 Å². The van der Waals surface area contributed by atoms with Crippen LogP contribution in [-0.4, -0.2) is 16.1 Å². The van der Waals surface area contributed by atoms with Crippen molar-refractivity contribution in [2.75, 3.05) is 5.73 Å². The van der Waals surface area contributed by atoms with Gasteiger partial charge in [0.05, 0.1) is 11.4 Å². The molecule has 3 N–H and O–H groups in total. The first-order valence-corrected chi connectivity index (χ1v) is 3.31. The molecule has 0 aliphatic heterocycles. The summed E-state index contributed by atoms with van der Waals surface area (Å²) < 4.78 is 0. The van der Waals surface area contributed by atoms with Gasteiger partial charge in [0.25, 0.3) is 0 Å². The number of carboxylic acids is 1. The summed E-state index contributed by atoms with van der Waals surface area (Å²) in [7, 11) is 0. The van der Waals surface area contributed by atoms with E-state index < -0.39 is 5.97 Å². The summed E-state index contributed by atoms with van der Waals surface area (Å²) in [6.07, 6.45) is 3.91. The minimum Gasteiger partial charge on any atom is -0.478 e. The van der Waals surface area contributed by atoms with Crippen molar-refractivity contribution >= 4 is 17.7 Å². The van der Waals surface area contributed by atoms with Crippen LogP contribution in [0.5, 0.6) is 0 Å². The molecule has 62 valence electrons. The SMILES string of the molecule is Nc1cccnc1/C=C/C(=O)O. The molecule has 0 bridgehead atoms. The van der Waals surface area contributed by atoms with Gasteiger partial charge in [0, 0.05) is 12.3 Å². The molecule has 0 saturated heterocycles. The molecule has 0 atom stereocenters. The van der Waals surface area contributed by atoms with E-state index in [4.69, 9.17) is 10.8 Å². The van der Waals surface area contributed by atoms with Crippen LogP contribution >= 0.6 is 0 Å². The molecule has 1 rings (SSSR count). The Morgan fingerprint density at radius 3 is 3.00 bits per heavy atom. The topological polar surface area (TPSA) is 76.2 Å². The van der Waals surface area contributed by atoms with E-state index in [1.807, 2.05) is 0 Å². The van der Waals surface area contributed by atoms with Crippen LogP contribution < -0.4 is 5.73 Å². The van der Waals surface area contributed by atoms with E-state index in [2.05, 4.69) is 4.98 Å². The number of carboxylic acid groups (broad SMARTS) is 1. The number of nitrogen functional groups attached to an aromatic ring is 1. The highest BCUT2D eigenvalue weighted by Gasteiger charge is 1.94. The lowest BCUT2D eigenvalue weighted by Gasteiger charge is -1.95. The van der Waals surface area contributed by atoms with Crippen molar-refractivity contribution in [3.63, 3.8) is 0 Å². The van der Waals surface area contributed by atoms with Crippen molar-refractivity contribution < 1.29 is 9.90 Å². The second-order valence-corrected chi connectivity index (χ2v) is 2.15. The quantitative estimate of drug-likeness (QED) is 0.633. The maximum absolute atomic E-state index is 10.1. The average molecular weight is 164 g/mol. The van der Waals surface area contributed by atoms with Crippen molar-refractivity contribution in [3.05, 3.63) is 30.1 Å². The predicted molar refractivity (Wildman–Crippen MR) is 45.3 cm³/mol. The van der Waals surface area contributed by atoms with E-state index >= 15 is 0 Å². The average Bonchev–Trinajstić information content (AvgIpc) is 2.03. The monoisotopic (exact) mass is 164 g/mol. The fourth-order valence-electron chi connectivity index (χ4n) is 0.719. The summed E-state index contributed by atoms with van der Waals surface area (Å²) in [6.45, 7) is 0. The van der Waals surface area contributed by atoms with Crippen LogP contribution in [0.1, 0.15) is 5.69 Å². The zero-order valence-electron chi connectivity index (χ0n) is 6.27. The molecule has 0 fully saturated rings. The van der Waals surface area contributed by atoms with Gasteiger partial charge in [-0.15, -0.1) is 0 Å². The Kier molecular flexibility index (Phi) is 2.42. The fourth-order valence-corrected chi connectivity index (χ4v) is 0.719. The van der Waals surface area contributed by atoms with Crippen LogP contribution in [0.3, 0.4) is 0 Å². The van der Waals surface area contributed by atoms with Gasteiger partial charge in [-0.3, -0.25) is 4.98 Å². The zero-order valence-corrected chi connectivity index (χ0v) is 6.27. The molecule has 0 radical (unpaired) electrons. The number of anilines is 1. The van der Waals surface area contributed by atoms with Crippen molar-refractivity contribution in [3.8, 4) is 0 Å². The molecular formula is C8H8N2O2. The highest BCUT2D eigenvalue weighted by Crippen LogP contribution is 2.07. The van der Waals surface area contributed by atoms with Crippen LogP contribution in [0.25, 0.3) is 6.08 Å². The van der Waals surface area contributed by atoms with Crippen molar-refractivity contribution in [2.24, 2.45) is 0 Å². The molecule has 0 spiro atoms. The number of hydrogen-bond donors (Lipinski definition) is 2. The lowest BCUT2D eigenvalue weighted by molar-refractivity contribution is -0.131. The lowest BCUT2D eigenvalue weighted by Crippen LogP contribution is -1.92. The Labute approximate surface area is 69.4 Å². The maximum Gasteiger partial charge on any atom is 0.328 e. The van der Waals surface area contributed by atoms with Crippen LogP contribution in [0.2, 0.25) is 0 Å². The molecule has 4 heteroatoms. The van der Waals surface area contributed by atoms with Gasteiger partial charge in [-0.25, -0.2) is 4.79 Å². The number of pyridine rings is 1. The molecule has 12 heavy (non-hydrogen) atoms. The highest BCUT2D eigenvalue weighted by atomic mass is 16.4. The first kappa shape index (κ1) is 8.26. The van der Waals surface area contributed by atoms with Gasteiger partial charge >= 0.3 is 5.97 Å². The number of nitrogens with zero attached hydrogens (tertiary/aromatic N) is 1. The number of rotatable bonds is 2. The van der Waals surface area contributed by atoms with Crippen molar-refractivity contribution in [1.29, 1.82) is 0 Å². The smallest absolute Gasteiger partial charge is 0.328 e. The number of carbonyl (C=O) groups is 1. The Balaban J connectivity index is 2.89. The largest absolute Gasteiger partial charge is 0.478 e. The molecule has 1 heterocycles. The molecule has 1 aromatic heterocycles. The van der Waals surface area contributed by atoms with Gasteiger partial charge in [-0.1, -0.05) is 0 Å². The van der Waals surface area contributed by atoms with Crippen molar-refractivity contribution in [1.82, 2.24) is 4.98 Å². The Hall–Kier alpha value is -1.84. The standard InChI is InChI=1S/C8H8N2O2/c9-6-2-1-5-10-7(6)3-4-8(11)12/h1-5H,9H2,(H,11,12)/b4-3+. The summed E-state index contributed by atoms with van der Waals surface area (Å²) in [6, 6.07) is 3.35. The maximum atomic E-state index is 10.1. The summed E-state index contributed by atoms with van der Waals surface area (Å²) >= 11 is 0. The van der Waals surface area contributed by atoms with Gasteiger partial charge < -0.3 is 10.8 Å². The van der Waals surface area contributed by atoms with E-state index in [0.29, 0.717) is 11.4 Å². The highest BCUT2D eigenvalue weighted by molar-refractivity contribution is 5.85. The minimum atomic E-state index is -1.01. The minimum absolute atomic E-state index is 0.468. The van der Waals surface area contributed by atoms with Crippen LogP contribution in [0.15, 0.2) is 24.4 Å². The van der Waals surface area contributed by atoms with E-state index in [9.17, 15) is 4.79 Å². The summed E-state index contributed by atoms with van der Waals surface area (Å²) in [4.78, 5) is 14.0. The Morgan fingerprint density at radius 1 is 1.67 bits per heavy atom. The summed E-state index contributed by atoms with van der Waals surface area (Å²) in [5, 5.41) is 8.31. The Morgan fingerprint density at radius 2 is 2.42 bits per heavy atom. The third-order valence-corrected chi connectivity index (χ3v) is 1.26. The number of nitrogens with two attached hydrogens (primary N) is 1. The summed E-state index contributed by atoms with van der Waals surface area (Å²) in [5.41, 5.74) is 6.44. The van der Waals surface area contributed by atoms with Crippen LogP contribution in [-0.2, 0) is 4.79 Å². The van der Waals surface area contributed by atoms with Gasteiger partial charge in [0.2, 0.25) is 0 Å². The van der Waals surface area contributed by atoms with Crippen molar-refractivity contribution in [2.45, 2.75) is 0 Å². The second-order valence-electron chi connectivity index (χ2n) is 2.15. The van der Waals surface area contributed by atoms with Gasteiger partial charge in [-0.2, -0.15) is 0 Å². The second kappa shape index (κ2) is 3.52. The molecule has 0 saturated carbocycles. The molecule has 0 aromatic carbocycles. The van der Waals surface area contributed by atoms with Gasteiger partial charge in [0.15, 0.2) is 0 Å². The van der Waals surface area contributed by atoms with E-state index in [1.165, 1.54) is 6.08 Å². The zero-order chi connectivity index (χ0) is 8.97. The number of hydrogen-bond acceptors (Lipinski definition) is 3. The lowest BCUT2D eigenvalue weighted by atomic mass is 10.3. The molecule has 4 nitrogen and oxygen atoms in total. The number of aromatic nitrogens is 1. The first-order valence-electron chi connectivity index (χ1n) is 3.31. The molecule has 0 aliphatic carbocycles. The summed E-state index contributed by atoms with van der Waals surface area (Å²) in [5.74, 6) is -1.01. The normalized spacial score (nSPS) is 10.3.